The summed E-state index contributed by atoms with van der Waals surface area (Å²) in [5.74, 6) is -0.326. The molecule has 0 aliphatic carbocycles. The first-order valence-corrected chi connectivity index (χ1v) is 6.40. The SMILES string of the molecule is CCOC(=O)Cc1ccc(NC(=O)OC(C)(C)C)cn1. The van der Waals surface area contributed by atoms with Crippen LogP contribution in [0.3, 0.4) is 0 Å². The molecular weight excluding hydrogens is 260 g/mol. The molecule has 0 spiro atoms. The average molecular weight is 280 g/mol. The number of nitrogens with zero attached hydrogens (tertiary/aromatic N) is 1. The van der Waals surface area contributed by atoms with E-state index in [1.54, 1.807) is 39.8 Å². The molecule has 0 bridgehead atoms. The summed E-state index contributed by atoms with van der Waals surface area (Å²) < 4.78 is 9.94. The Bertz CT molecular complexity index is 463. The minimum atomic E-state index is -0.554. The van der Waals surface area contributed by atoms with E-state index in [9.17, 15) is 9.59 Å². The van der Waals surface area contributed by atoms with Gasteiger partial charge in [-0.25, -0.2) is 4.79 Å². The summed E-state index contributed by atoms with van der Waals surface area (Å²) in [7, 11) is 0. The molecule has 0 aromatic carbocycles. The van der Waals surface area contributed by atoms with E-state index in [1.807, 2.05) is 0 Å². The summed E-state index contributed by atoms with van der Waals surface area (Å²) in [4.78, 5) is 26.9. The fourth-order valence-electron chi connectivity index (χ4n) is 1.38. The molecule has 1 aromatic heterocycles. The van der Waals surface area contributed by atoms with Gasteiger partial charge >= 0.3 is 12.1 Å². The number of amides is 1. The highest BCUT2D eigenvalue weighted by molar-refractivity contribution is 5.84. The lowest BCUT2D eigenvalue weighted by molar-refractivity contribution is -0.142. The Morgan fingerprint density at radius 3 is 2.50 bits per heavy atom. The minimum Gasteiger partial charge on any atom is -0.466 e. The molecule has 1 amide bonds. The van der Waals surface area contributed by atoms with Gasteiger partial charge < -0.3 is 9.47 Å². The number of rotatable bonds is 4. The van der Waals surface area contributed by atoms with Gasteiger partial charge in [-0.3, -0.25) is 15.1 Å². The van der Waals surface area contributed by atoms with Crippen LogP contribution in [-0.2, 0) is 20.7 Å². The lowest BCUT2D eigenvalue weighted by Crippen LogP contribution is -2.27. The monoisotopic (exact) mass is 280 g/mol. The molecule has 6 heteroatoms. The fourth-order valence-corrected chi connectivity index (χ4v) is 1.38. The van der Waals surface area contributed by atoms with E-state index < -0.39 is 11.7 Å². The molecule has 0 aliphatic heterocycles. The molecule has 0 fully saturated rings. The lowest BCUT2D eigenvalue weighted by Gasteiger charge is -2.19. The maximum Gasteiger partial charge on any atom is 0.412 e. The number of hydrogen-bond donors (Lipinski definition) is 1. The van der Waals surface area contributed by atoms with Crippen molar-refractivity contribution in [2.75, 3.05) is 11.9 Å². The van der Waals surface area contributed by atoms with E-state index in [2.05, 4.69) is 10.3 Å². The van der Waals surface area contributed by atoms with Crippen LogP contribution in [-0.4, -0.2) is 29.3 Å². The molecule has 1 aromatic rings. The van der Waals surface area contributed by atoms with Crippen LogP contribution in [0.4, 0.5) is 10.5 Å². The molecule has 0 radical (unpaired) electrons. The van der Waals surface area contributed by atoms with Crippen LogP contribution in [0.15, 0.2) is 18.3 Å². The molecule has 0 saturated carbocycles. The van der Waals surface area contributed by atoms with E-state index in [0.717, 1.165) is 0 Å². The molecule has 1 N–H and O–H groups in total. The molecule has 0 atom stereocenters. The summed E-state index contributed by atoms with van der Waals surface area (Å²) >= 11 is 0. The van der Waals surface area contributed by atoms with Crippen molar-refractivity contribution in [2.24, 2.45) is 0 Å². The van der Waals surface area contributed by atoms with Gasteiger partial charge in [0.2, 0.25) is 0 Å². The number of ether oxygens (including phenoxy) is 2. The van der Waals surface area contributed by atoms with E-state index >= 15 is 0 Å². The molecule has 0 aliphatic rings. The third-order valence-corrected chi connectivity index (χ3v) is 2.10. The van der Waals surface area contributed by atoms with Crippen molar-refractivity contribution in [1.29, 1.82) is 0 Å². The standard InChI is InChI=1S/C14H20N2O4/c1-5-19-12(17)8-10-6-7-11(9-15-10)16-13(18)20-14(2,3)4/h6-7,9H,5,8H2,1-4H3,(H,16,18). The predicted octanol–water partition coefficient (Wildman–Crippen LogP) is 2.53. The Morgan fingerprint density at radius 1 is 1.30 bits per heavy atom. The van der Waals surface area contributed by atoms with Gasteiger partial charge in [-0.05, 0) is 39.8 Å². The summed E-state index contributed by atoms with van der Waals surface area (Å²) in [6, 6.07) is 3.31. The molecule has 0 unspecified atom stereocenters. The number of hydrogen-bond acceptors (Lipinski definition) is 5. The van der Waals surface area contributed by atoms with E-state index in [4.69, 9.17) is 9.47 Å². The van der Waals surface area contributed by atoms with Crippen LogP contribution in [0.2, 0.25) is 0 Å². The van der Waals surface area contributed by atoms with Gasteiger partial charge in [-0.2, -0.15) is 0 Å². The van der Waals surface area contributed by atoms with Crippen LogP contribution in [0.1, 0.15) is 33.4 Å². The number of anilines is 1. The maximum absolute atomic E-state index is 11.5. The minimum absolute atomic E-state index is 0.112. The van der Waals surface area contributed by atoms with E-state index in [-0.39, 0.29) is 12.4 Å². The second-order valence-corrected chi connectivity index (χ2v) is 5.15. The van der Waals surface area contributed by atoms with Crippen molar-refractivity contribution in [3.05, 3.63) is 24.0 Å². The molecule has 20 heavy (non-hydrogen) atoms. The number of esters is 1. The van der Waals surface area contributed by atoms with Crippen LogP contribution < -0.4 is 5.32 Å². The number of pyridine rings is 1. The van der Waals surface area contributed by atoms with Gasteiger partial charge in [0.05, 0.1) is 30.6 Å². The largest absolute Gasteiger partial charge is 0.466 e. The predicted molar refractivity (Wildman–Crippen MR) is 74.4 cm³/mol. The highest BCUT2D eigenvalue weighted by Crippen LogP contribution is 2.11. The topological polar surface area (TPSA) is 77.5 Å². The van der Waals surface area contributed by atoms with Crippen LogP contribution in [0.25, 0.3) is 0 Å². The maximum atomic E-state index is 11.5. The van der Waals surface area contributed by atoms with Crippen molar-refractivity contribution < 1.29 is 19.1 Å². The number of carbonyl (C=O) groups excluding carboxylic acids is 2. The second kappa shape index (κ2) is 6.88. The lowest BCUT2D eigenvalue weighted by atomic mass is 10.2. The first kappa shape index (κ1) is 15.9. The first-order chi connectivity index (χ1) is 9.30. The van der Waals surface area contributed by atoms with Crippen LogP contribution in [0.5, 0.6) is 0 Å². The van der Waals surface area contributed by atoms with Gasteiger partial charge in [0, 0.05) is 0 Å². The van der Waals surface area contributed by atoms with Gasteiger partial charge in [0.15, 0.2) is 0 Å². The third-order valence-electron chi connectivity index (χ3n) is 2.10. The normalized spacial score (nSPS) is 10.8. The number of nitrogens with one attached hydrogen (secondary N) is 1. The number of carbonyl (C=O) groups is 2. The highest BCUT2D eigenvalue weighted by Gasteiger charge is 2.16. The Hall–Kier alpha value is -2.11. The Morgan fingerprint density at radius 2 is 2.00 bits per heavy atom. The average Bonchev–Trinajstić information content (AvgIpc) is 2.29. The Kier molecular flexibility index (Phi) is 5.49. The molecule has 6 nitrogen and oxygen atoms in total. The zero-order chi connectivity index (χ0) is 15.2. The van der Waals surface area contributed by atoms with Gasteiger partial charge in [-0.15, -0.1) is 0 Å². The summed E-state index contributed by atoms with van der Waals surface area (Å²) in [6.45, 7) is 7.45. The van der Waals surface area contributed by atoms with E-state index in [0.29, 0.717) is 18.0 Å². The summed E-state index contributed by atoms with van der Waals surface area (Å²) in [5, 5.41) is 2.56. The van der Waals surface area contributed by atoms with Crippen LogP contribution >= 0.6 is 0 Å². The number of aromatic nitrogens is 1. The summed E-state index contributed by atoms with van der Waals surface area (Å²) in [6.07, 6.45) is 1.04. The van der Waals surface area contributed by atoms with Gasteiger partial charge in [0.1, 0.15) is 5.60 Å². The highest BCUT2D eigenvalue weighted by atomic mass is 16.6. The third kappa shape index (κ3) is 6.17. The van der Waals surface area contributed by atoms with Crippen molar-refractivity contribution in [2.45, 2.75) is 39.7 Å². The molecule has 110 valence electrons. The molecule has 0 saturated heterocycles. The molecule has 1 heterocycles. The van der Waals surface area contributed by atoms with Gasteiger partial charge in [0.25, 0.3) is 0 Å². The summed E-state index contributed by atoms with van der Waals surface area (Å²) in [5.41, 5.74) is 0.534. The zero-order valence-electron chi connectivity index (χ0n) is 12.2. The fraction of sp³-hybridized carbons (Fsp3) is 0.500. The Balaban J connectivity index is 2.54. The van der Waals surface area contributed by atoms with Crippen molar-refractivity contribution in [3.63, 3.8) is 0 Å². The molecule has 1 rings (SSSR count). The van der Waals surface area contributed by atoms with Gasteiger partial charge in [-0.1, -0.05) is 0 Å². The van der Waals surface area contributed by atoms with Crippen molar-refractivity contribution in [3.8, 4) is 0 Å². The zero-order valence-corrected chi connectivity index (χ0v) is 12.2. The van der Waals surface area contributed by atoms with Crippen LogP contribution in [0, 0.1) is 0 Å². The Labute approximate surface area is 118 Å². The first-order valence-electron chi connectivity index (χ1n) is 6.40. The molecular formula is C14H20N2O4. The van der Waals surface area contributed by atoms with E-state index in [1.165, 1.54) is 6.20 Å². The quantitative estimate of drug-likeness (QED) is 0.857. The smallest absolute Gasteiger partial charge is 0.412 e. The second-order valence-electron chi connectivity index (χ2n) is 5.15. The van der Waals surface area contributed by atoms with Crippen molar-refractivity contribution in [1.82, 2.24) is 4.98 Å². The van der Waals surface area contributed by atoms with Crippen molar-refractivity contribution >= 4 is 17.7 Å².